The number of ether oxygens (including phenoxy) is 1. The van der Waals surface area contributed by atoms with E-state index in [0.29, 0.717) is 18.1 Å². The number of hydrogen-bond donors (Lipinski definition) is 0. The normalized spacial score (nSPS) is 23.2. The quantitative estimate of drug-likeness (QED) is 0.195. The lowest BCUT2D eigenvalue weighted by atomic mass is 9.68. The van der Waals surface area contributed by atoms with Crippen molar-refractivity contribution in [2.24, 2.45) is 17.8 Å². The molecule has 0 N–H and O–H groups in total. The second-order valence-corrected chi connectivity index (χ2v) is 11.7. The summed E-state index contributed by atoms with van der Waals surface area (Å²) < 4.78 is 118. The first kappa shape index (κ1) is 30.4. The van der Waals surface area contributed by atoms with Crippen molar-refractivity contribution in [3.63, 3.8) is 0 Å². The van der Waals surface area contributed by atoms with Crippen molar-refractivity contribution in [2.75, 3.05) is 0 Å². The Morgan fingerprint density at radius 2 is 1.21 bits per heavy atom. The molecule has 0 unspecified atom stereocenters. The molecule has 0 bridgehead atoms. The molecule has 9 heteroatoms. The van der Waals surface area contributed by atoms with Crippen LogP contribution in [0.3, 0.4) is 0 Å². The maximum Gasteiger partial charge on any atom is 0.432 e. The summed E-state index contributed by atoms with van der Waals surface area (Å²) in [4.78, 5) is 0. The van der Waals surface area contributed by atoms with Gasteiger partial charge in [-0.1, -0.05) is 38.3 Å². The van der Waals surface area contributed by atoms with E-state index in [1.54, 1.807) is 6.07 Å². The van der Waals surface area contributed by atoms with Crippen molar-refractivity contribution in [3.8, 4) is 16.9 Å². The molecule has 3 aromatic carbocycles. The minimum Gasteiger partial charge on any atom is -0.429 e. The van der Waals surface area contributed by atoms with Crippen LogP contribution in [0.4, 0.5) is 35.1 Å². The number of benzene rings is 3. The molecular formula is C33H32F8O. The highest BCUT2D eigenvalue weighted by Gasteiger charge is 2.42. The fourth-order valence-corrected chi connectivity index (χ4v) is 6.81. The van der Waals surface area contributed by atoms with Gasteiger partial charge in [0.1, 0.15) is 28.8 Å². The van der Waals surface area contributed by atoms with Crippen LogP contribution in [0.5, 0.6) is 5.75 Å². The minimum absolute atomic E-state index is 0.122. The Kier molecular flexibility index (Phi) is 8.86. The Morgan fingerprint density at radius 3 is 1.74 bits per heavy atom. The Labute approximate surface area is 239 Å². The summed E-state index contributed by atoms with van der Waals surface area (Å²) in [5.41, 5.74) is -1.52. The molecule has 3 aromatic rings. The van der Waals surface area contributed by atoms with E-state index < -0.39 is 52.3 Å². The summed E-state index contributed by atoms with van der Waals surface area (Å²) in [6, 6.07) is 5.75. The van der Waals surface area contributed by atoms with Gasteiger partial charge >= 0.3 is 6.11 Å². The summed E-state index contributed by atoms with van der Waals surface area (Å²) in [6.45, 7) is 2.25. The van der Waals surface area contributed by atoms with Crippen molar-refractivity contribution in [1.29, 1.82) is 0 Å². The van der Waals surface area contributed by atoms with E-state index in [0.717, 1.165) is 43.1 Å². The van der Waals surface area contributed by atoms with Gasteiger partial charge in [-0.05, 0) is 91.5 Å². The fourth-order valence-electron chi connectivity index (χ4n) is 6.81. The first-order chi connectivity index (χ1) is 20.0. The van der Waals surface area contributed by atoms with Crippen LogP contribution in [0.15, 0.2) is 42.5 Å². The summed E-state index contributed by atoms with van der Waals surface area (Å²) in [7, 11) is 0. The summed E-state index contributed by atoms with van der Waals surface area (Å²) in [5.74, 6) is -8.52. The van der Waals surface area contributed by atoms with Crippen molar-refractivity contribution >= 4 is 0 Å². The molecule has 5 rings (SSSR count). The fraction of sp³-hybridized carbons (Fsp3) is 0.455. The highest BCUT2D eigenvalue weighted by Crippen LogP contribution is 2.45. The van der Waals surface area contributed by atoms with Crippen LogP contribution in [0.1, 0.15) is 81.8 Å². The van der Waals surface area contributed by atoms with Crippen LogP contribution in [-0.4, -0.2) is 0 Å². The van der Waals surface area contributed by atoms with Crippen molar-refractivity contribution < 1.29 is 39.9 Å². The van der Waals surface area contributed by atoms with Crippen LogP contribution in [0.25, 0.3) is 11.1 Å². The first-order valence-electron chi connectivity index (χ1n) is 14.5. The first-order valence-corrected chi connectivity index (χ1v) is 14.5. The van der Waals surface area contributed by atoms with E-state index in [2.05, 4.69) is 11.7 Å². The van der Waals surface area contributed by atoms with Gasteiger partial charge in [0.05, 0.1) is 0 Å². The molecule has 1 nitrogen and oxygen atoms in total. The topological polar surface area (TPSA) is 9.23 Å². The third kappa shape index (κ3) is 6.30. The maximum absolute atomic E-state index is 15.2. The van der Waals surface area contributed by atoms with Gasteiger partial charge in [-0.15, -0.1) is 0 Å². The largest absolute Gasteiger partial charge is 0.432 e. The Morgan fingerprint density at radius 1 is 0.667 bits per heavy atom. The van der Waals surface area contributed by atoms with Crippen LogP contribution < -0.4 is 4.74 Å². The van der Waals surface area contributed by atoms with Gasteiger partial charge in [0, 0.05) is 17.7 Å². The van der Waals surface area contributed by atoms with E-state index in [9.17, 15) is 30.7 Å². The lowest BCUT2D eigenvalue weighted by Crippen LogP contribution is -2.25. The second kappa shape index (κ2) is 12.3. The molecule has 226 valence electrons. The smallest absolute Gasteiger partial charge is 0.429 e. The summed E-state index contributed by atoms with van der Waals surface area (Å²) in [6.07, 6.45) is 5.73. The Bertz CT molecular complexity index is 1380. The molecule has 0 spiro atoms. The molecule has 42 heavy (non-hydrogen) atoms. The van der Waals surface area contributed by atoms with Gasteiger partial charge in [-0.3, -0.25) is 0 Å². The van der Waals surface area contributed by atoms with E-state index in [-0.39, 0.29) is 29.2 Å². The van der Waals surface area contributed by atoms with Gasteiger partial charge in [0.2, 0.25) is 0 Å². The molecular weight excluding hydrogens is 564 g/mol. The molecule has 0 radical (unpaired) electrons. The number of alkyl halides is 2. The number of hydrogen-bond acceptors (Lipinski definition) is 1. The highest BCUT2D eigenvalue weighted by atomic mass is 19.3. The van der Waals surface area contributed by atoms with Crippen molar-refractivity contribution in [2.45, 2.75) is 76.7 Å². The number of rotatable bonds is 7. The Balaban J connectivity index is 1.29. The molecule has 0 amide bonds. The van der Waals surface area contributed by atoms with Crippen LogP contribution in [0.2, 0.25) is 0 Å². The molecule has 0 aliphatic heterocycles. The predicted octanol–water partition coefficient (Wildman–Crippen LogP) is 10.8. The van der Waals surface area contributed by atoms with E-state index in [1.165, 1.54) is 44.2 Å². The maximum atomic E-state index is 15.2. The van der Waals surface area contributed by atoms with Gasteiger partial charge in [-0.25, -0.2) is 26.3 Å². The minimum atomic E-state index is -4.72. The summed E-state index contributed by atoms with van der Waals surface area (Å²) >= 11 is 0. The molecule has 0 heterocycles. The molecule has 2 saturated carbocycles. The Hall–Kier alpha value is -3.10. The monoisotopic (exact) mass is 596 g/mol. The zero-order chi connectivity index (χ0) is 30.2. The molecule has 0 atom stereocenters. The molecule has 0 saturated heterocycles. The van der Waals surface area contributed by atoms with Crippen molar-refractivity contribution in [1.82, 2.24) is 0 Å². The van der Waals surface area contributed by atoms with E-state index in [4.69, 9.17) is 0 Å². The molecule has 2 aliphatic rings. The van der Waals surface area contributed by atoms with E-state index >= 15 is 4.39 Å². The molecule has 0 aromatic heterocycles. The third-order valence-electron chi connectivity index (χ3n) is 9.22. The van der Waals surface area contributed by atoms with Crippen molar-refractivity contribution in [3.05, 3.63) is 88.5 Å². The lowest BCUT2D eigenvalue weighted by molar-refractivity contribution is -0.189. The average molecular weight is 597 g/mol. The SMILES string of the molecule is CCC1CCC(C2CCC(c3ccc(-c4cc(F)c(C(F)(F)Oc5cc(F)c(F)c(F)c5)c(F)c4)c(F)c3)CC2)CC1. The van der Waals surface area contributed by atoms with Gasteiger partial charge in [-0.2, -0.15) is 8.78 Å². The lowest BCUT2D eigenvalue weighted by Gasteiger charge is -2.38. The van der Waals surface area contributed by atoms with Crippen LogP contribution >= 0.6 is 0 Å². The van der Waals surface area contributed by atoms with Gasteiger partial charge in [0.25, 0.3) is 0 Å². The molecule has 2 aliphatic carbocycles. The van der Waals surface area contributed by atoms with Crippen LogP contribution in [0, 0.1) is 52.7 Å². The molecule has 2 fully saturated rings. The van der Waals surface area contributed by atoms with Gasteiger partial charge < -0.3 is 4.74 Å². The zero-order valence-corrected chi connectivity index (χ0v) is 23.1. The zero-order valence-electron chi connectivity index (χ0n) is 23.1. The van der Waals surface area contributed by atoms with Crippen LogP contribution in [-0.2, 0) is 6.11 Å². The summed E-state index contributed by atoms with van der Waals surface area (Å²) in [5, 5.41) is 0. The standard InChI is InChI=1S/C33H32F8O/c1-2-18-3-5-19(6-4-18)20-7-9-21(10-8-20)22-11-12-25(26(34)13-22)23-14-27(35)31(28(36)15-23)33(40,41)42-24-16-29(37)32(39)30(38)17-24/h11-21H,2-10H2,1H3. The second-order valence-electron chi connectivity index (χ2n) is 11.7. The highest BCUT2D eigenvalue weighted by molar-refractivity contribution is 5.65. The third-order valence-corrected chi connectivity index (χ3v) is 9.22. The number of halogens is 8. The van der Waals surface area contributed by atoms with E-state index in [1.807, 2.05) is 0 Å². The van der Waals surface area contributed by atoms with Gasteiger partial charge in [0.15, 0.2) is 17.5 Å². The predicted molar refractivity (Wildman–Crippen MR) is 143 cm³/mol. The average Bonchev–Trinajstić information content (AvgIpc) is 2.95.